The first-order valence-corrected chi connectivity index (χ1v) is 12.3. The van der Waals surface area contributed by atoms with Crippen molar-refractivity contribution in [3.63, 3.8) is 0 Å². The summed E-state index contributed by atoms with van der Waals surface area (Å²) in [7, 11) is 0. The fourth-order valence-corrected chi connectivity index (χ4v) is 5.36. The number of hydrogen-bond donors (Lipinski definition) is 1. The van der Waals surface area contributed by atoms with Crippen LogP contribution in [-0.2, 0) is 11.3 Å². The lowest BCUT2D eigenvalue weighted by Gasteiger charge is -2.36. The standard InChI is InChI=1S/C24H28ClN5O3S/c1-15-19-21(26-14-30(22(19)32)13-18(31)27-24(2,3)4)34-20(15)23(33)29-10-8-28(9-11-29)17-7-5-6-16(25)12-17/h5-7,12,14H,8-11,13H2,1-4H3,(H,27,31). The third kappa shape index (κ3) is 5.10. The van der Waals surface area contributed by atoms with Crippen molar-refractivity contribution in [2.75, 3.05) is 31.1 Å². The summed E-state index contributed by atoms with van der Waals surface area (Å²) in [5.41, 5.74) is 0.947. The van der Waals surface area contributed by atoms with Gasteiger partial charge in [0.1, 0.15) is 11.4 Å². The molecule has 4 rings (SSSR count). The van der Waals surface area contributed by atoms with Crippen LogP contribution in [-0.4, -0.2) is 58.0 Å². The second-order valence-corrected chi connectivity index (χ2v) is 10.9. The molecule has 1 N–H and O–H groups in total. The van der Waals surface area contributed by atoms with E-state index >= 15 is 0 Å². The Kier molecular flexibility index (Phi) is 6.69. The molecule has 0 aliphatic carbocycles. The number of anilines is 1. The lowest BCUT2D eigenvalue weighted by Crippen LogP contribution is -2.48. The van der Waals surface area contributed by atoms with Gasteiger partial charge in [0.25, 0.3) is 11.5 Å². The number of carbonyl (C=O) groups is 2. The number of fused-ring (bicyclic) bond motifs is 1. The van der Waals surface area contributed by atoms with Gasteiger partial charge in [-0.3, -0.25) is 19.0 Å². The van der Waals surface area contributed by atoms with E-state index in [9.17, 15) is 14.4 Å². The van der Waals surface area contributed by atoms with E-state index in [1.165, 1.54) is 22.2 Å². The van der Waals surface area contributed by atoms with Gasteiger partial charge in [0, 0.05) is 42.4 Å². The number of carbonyl (C=O) groups excluding carboxylic acids is 2. The minimum Gasteiger partial charge on any atom is -0.368 e. The van der Waals surface area contributed by atoms with E-state index in [-0.39, 0.29) is 23.9 Å². The number of piperazine rings is 1. The van der Waals surface area contributed by atoms with Crippen LogP contribution >= 0.6 is 22.9 Å². The SMILES string of the molecule is Cc1c(C(=O)N2CCN(c3cccc(Cl)c3)CC2)sc2ncn(CC(=O)NC(C)(C)C)c(=O)c12. The molecule has 1 saturated heterocycles. The average Bonchev–Trinajstić information content (AvgIpc) is 3.11. The molecule has 1 aliphatic rings. The van der Waals surface area contributed by atoms with Crippen LogP contribution < -0.4 is 15.8 Å². The van der Waals surface area contributed by atoms with Crippen molar-refractivity contribution in [1.82, 2.24) is 19.8 Å². The van der Waals surface area contributed by atoms with E-state index in [0.717, 1.165) is 5.69 Å². The van der Waals surface area contributed by atoms with Crippen LogP contribution in [0.25, 0.3) is 10.2 Å². The first kappa shape index (κ1) is 24.2. The molecule has 0 atom stereocenters. The summed E-state index contributed by atoms with van der Waals surface area (Å²) >= 11 is 7.34. The van der Waals surface area contributed by atoms with Crippen molar-refractivity contribution in [2.24, 2.45) is 0 Å². The minimum atomic E-state index is -0.396. The van der Waals surface area contributed by atoms with Gasteiger partial charge < -0.3 is 15.1 Å². The lowest BCUT2D eigenvalue weighted by atomic mass is 10.1. The van der Waals surface area contributed by atoms with Gasteiger partial charge in [-0.2, -0.15) is 0 Å². The fraction of sp³-hybridized carbons (Fsp3) is 0.417. The normalized spacial score (nSPS) is 14.5. The summed E-state index contributed by atoms with van der Waals surface area (Å²) in [6.45, 7) is 9.84. The van der Waals surface area contributed by atoms with E-state index in [1.54, 1.807) is 6.92 Å². The number of rotatable bonds is 4. The van der Waals surface area contributed by atoms with E-state index in [2.05, 4.69) is 15.2 Å². The highest BCUT2D eigenvalue weighted by Gasteiger charge is 2.27. The largest absolute Gasteiger partial charge is 0.368 e. The Bertz CT molecular complexity index is 1300. The second kappa shape index (κ2) is 9.38. The number of benzene rings is 1. The minimum absolute atomic E-state index is 0.0948. The molecule has 34 heavy (non-hydrogen) atoms. The van der Waals surface area contributed by atoms with Gasteiger partial charge in [0.15, 0.2) is 0 Å². The number of nitrogens with zero attached hydrogens (tertiary/aromatic N) is 4. The zero-order valence-corrected chi connectivity index (χ0v) is 21.3. The maximum atomic E-state index is 13.3. The molecule has 0 saturated carbocycles. The molecule has 8 nitrogen and oxygen atoms in total. The van der Waals surface area contributed by atoms with Crippen molar-refractivity contribution in [3.05, 3.63) is 56.4 Å². The topological polar surface area (TPSA) is 87.5 Å². The Labute approximate surface area is 207 Å². The Morgan fingerprint density at radius 2 is 1.88 bits per heavy atom. The quantitative estimate of drug-likeness (QED) is 0.592. The van der Waals surface area contributed by atoms with Crippen molar-refractivity contribution < 1.29 is 9.59 Å². The summed E-state index contributed by atoms with van der Waals surface area (Å²) in [5.74, 6) is -0.361. The molecule has 1 fully saturated rings. The predicted octanol–water partition coefficient (Wildman–Crippen LogP) is 3.30. The second-order valence-electron chi connectivity index (χ2n) is 9.47. The third-order valence-electron chi connectivity index (χ3n) is 5.68. The monoisotopic (exact) mass is 501 g/mol. The summed E-state index contributed by atoms with van der Waals surface area (Å²) < 4.78 is 1.29. The summed E-state index contributed by atoms with van der Waals surface area (Å²) in [6.07, 6.45) is 1.38. The van der Waals surface area contributed by atoms with Crippen LogP contribution in [0.1, 0.15) is 36.0 Å². The van der Waals surface area contributed by atoms with Gasteiger partial charge in [-0.15, -0.1) is 11.3 Å². The number of hydrogen-bond acceptors (Lipinski definition) is 6. The van der Waals surface area contributed by atoms with Crippen LogP contribution in [0.3, 0.4) is 0 Å². The molecule has 3 aromatic rings. The summed E-state index contributed by atoms with van der Waals surface area (Å²) in [5, 5.41) is 3.93. The molecule has 0 spiro atoms. The van der Waals surface area contributed by atoms with Crippen LogP contribution in [0.5, 0.6) is 0 Å². The van der Waals surface area contributed by atoms with Crippen molar-refractivity contribution >= 4 is 50.7 Å². The first-order chi connectivity index (χ1) is 16.0. The molecule has 0 bridgehead atoms. The molecule has 3 heterocycles. The summed E-state index contributed by atoms with van der Waals surface area (Å²) in [6, 6.07) is 7.70. The number of amides is 2. The van der Waals surface area contributed by atoms with Crippen LogP contribution in [0, 0.1) is 6.92 Å². The number of nitrogens with one attached hydrogen (secondary N) is 1. The van der Waals surface area contributed by atoms with Crippen molar-refractivity contribution in [3.8, 4) is 0 Å². The predicted molar refractivity (Wildman–Crippen MR) is 136 cm³/mol. The molecule has 2 aromatic heterocycles. The molecule has 10 heteroatoms. The van der Waals surface area contributed by atoms with Gasteiger partial charge in [0.05, 0.1) is 16.6 Å². The molecule has 2 amide bonds. The van der Waals surface area contributed by atoms with E-state index in [0.29, 0.717) is 51.9 Å². The van der Waals surface area contributed by atoms with Gasteiger partial charge in [0.2, 0.25) is 5.91 Å². The van der Waals surface area contributed by atoms with Crippen molar-refractivity contribution in [1.29, 1.82) is 0 Å². The molecular formula is C24H28ClN5O3S. The van der Waals surface area contributed by atoms with Gasteiger partial charge in [-0.05, 0) is 51.5 Å². The average molecular weight is 502 g/mol. The number of thiophene rings is 1. The molecule has 180 valence electrons. The zero-order chi connectivity index (χ0) is 24.6. The molecule has 0 unspecified atom stereocenters. The Morgan fingerprint density at radius 1 is 1.18 bits per heavy atom. The van der Waals surface area contributed by atoms with Gasteiger partial charge in [-0.25, -0.2) is 4.98 Å². The summed E-state index contributed by atoms with van der Waals surface area (Å²) in [4.78, 5) is 48.1. The highest BCUT2D eigenvalue weighted by molar-refractivity contribution is 7.20. The lowest BCUT2D eigenvalue weighted by molar-refractivity contribution is -0.123. The maximum absolute atomic E-state index is 13.3. The molecule has 1 aromatic carbocycles. The Hall–Kier alpha value is -2.91. The fourth-order valence-electron chi connectivity index (χ4n) is 4.07. The van der Waals surface area contributed by atoms with Gasteiger partial charge >= 0.3 is 0 Å². The Balaban J connectivity index is 1.52. The third-order valence-corrected chi connectivity index (χ3v) is 7.10. The highest BCUT2D eigenvalue weighted by atomic mass is 35.5. The van der Waals surface area contributed by atoms with Crippen molar-refractivity contribution in [2.45, 2.75) is 39.8 Å². The molecule has 0 radical (unpaired) electrons. The van der Waals surface area contributed by atoms with Crippen LogP contribution in [0.4, 0.5) is 5.69 Å². The number of aryl methyl sites for hydroxylation is 1. The first-order valence-electron chi connectivity index (χ1n) is 11.1. The highest BCUT2D eigenvalue weighted by Crippen LogP contribution is 2.29. The van der Waals surface area contributed by atoms with E-state index in [4.69, 9.17) is 11.6 Å². The van der Waals surface area contributed by atoms with Crippen LogP contribution in [0.2, 0.25) is 5.02 Å². The Morgan fingerprint density at radius 3 is 2.53 bits per heavy atom. The van der Waals surface area contributed by atoms with Crippen LogP contribution in [0.15, 0.2) is 35.4 Å². The maximum Gasteiger partial charge on any atom is 0.264 e. The molecular weight excluding hydrogens is 474 g/mol. The van der Waals surface area contributed by atoms with E-state index in [1.807, 2.05) is 49.9 Å². The number of aromatic nitrogens is 2. The van der Waals surface area contributed by atoms with Gasteiger partial charge in [-0.1, -0.05) is 17.7 Å². The smallest absolute Gasteiger partial charge is 0.264 e. The zero-order valence-electron chi connectivity index (χ0n) is 19.7. The van der Waals surface area contributed by atoms with E-state index < -0.39 is 5.54 Å². The molecule has 1 aliphatic heterocycles. The number of halogens is 1.